The molecule has 0 unspecified atom stereocenters. The minimum absolute atomic E-state index is 0.0731. The quantitative estimate of drug-likeness (QED) is 0.685. The van der Waals surface area contributed by atoms with Gasteiger partial charge in [-0.25, -0.2) is 0 Å². The molecule has 1 aliphatic carbocycles. The lowest BCUT2D eigenvalue weighted by Gasteiger charge is -2.38. The van der Waals surface area contributed by atoms with E-state index in [-0.39, 0.29) is 11.3 Å². The first-order chi connectivity index (χ1) is 9.39. The Kier molecular flexibility index (Phi) is 4.22. The predicted octanol–water partition coefficient (Wildman–Crippen LogP) is 3.67. The van der Waals surface area contributed by atoms with E-state index in [9.17, 15) is 10.1 Å². The summed E-state index contributed by atoms with van der Waals surface area (Å²) in [6.07, 6.45) is 7.80. The summed E-state index contributed by atoms with van der Waals surface area (Å²) in [6.45, 7) is 8.09. The van der Waals surface area contributed by atoms with Gasteiger partial charge in [-0.2, -0.15) is 5.26 Å². The van der Waals surface area contributed by atoms with Crippen molar-refractivity contribution >= 4 is 5.91 Å². The van der Waals surface area contributed by atoms with Crippen LogP contribution >= 0.6 is 0 Å². The Bertz CT molecular complexity index is 445. The molecule has 2 rings (SSSR count). The Balaban J connectivity index is 2.08. The highest BCUT2D eigenvalue weighted by Gasteiger charge is 2.42. The van der Waals surface area contributed by atoms with Crippen molar-refractivity contribution in [1.29, 1.82) is 5.26 Å². The summed E-state index contributed by atoms with van der Waals surface area (Å²) >= 11 is 0. The fourth-order valence-corrected chi connectivity index (χ4v) is 3.37. The van der Waals surface area contributed by atoms with Gasteiger partial charge in [-0.1, -0.05) is 51.7 Å². The zero-order valence-corrected chi connectivity index (χ0v) is 13.0. The van der Waals surface area contributed by atoms with Gasteiger partial charge in [-0.15, -0.1) is 0 Å². The van der Waals surface area contributed by atoms with Crippen molar-refractivity contribution in [2.75, 3.05) is 13.1 Å². The van der Waals surface area contributed by atoms with Gasteiger partial charge in [-0.05, 0) is 24.7 Å². The summed E-state index contributed by atoms with van der Waals surface area (Å²) in [7, 11) is 0. The molecule has 0 atom stereocenters. The number of amides is 1. The van der Waals surface area contributed by atoms with Crippen LogP contribution in [0, 0.1) is 22.2 Å². The van der Waals surface area contributed by atoms with Gasteiger partial charge in [-0.3, -0.25) is 4.79 Å². The second kappa shape index (κ2) is 5.60. The molecular formula is C17H26N2O. The maximum Gasteiger partial charge on any atom is 0.243 e. The fourth-order valence-electron chi connectivity index (χ4n) is 3.37. The van der Waals surface area contributed by atoms with Gasteiger partial charge < -0.3 is 4.90 Å². The van der Waals surface area contributed by atoms with Gasteiger partial charge in [0.2, 0.25) is 5.91 Å². The molecule has 0 aromatic heterocycles. The number of nitrogens with zero attached hydrogens (tertiary/aromatic N) is 2. The zero-order chi connectivity index (χ0) is 14.8. The normalized spacial score (nSPS) is 22.9. The fraction of sp³-hybridized carbons (Fsp3) is 0.765. The molecule has 110 valence electrons. The number of carbonyl (C=O) groups excluding carboxylic acids is 1. The van der Waals surface area contributed by atoms with E-state index >= 15 is 0 Å². The first-order valence-electron chi connectivity index (χ1n) is 7.79. The second-order valence-electron chi connectivity index (χ2n) is 7.24. The summed E-state index contributed by atoms with van der Waals surface area (Å²) in [5.41, 5.74) is 0.884. The second-order valence-corrected chi connectivity index (χ2v) is 7.24. The molecule has 0 spiro atoms. The molecule has 3 heteroatoms. The van der Waals surface area contributed by atoms with Crippen LogP contribution in [0.4, 0.5) is 0 Å². The molecule has 0 N–H and O–H groups in total. The molecule has 1 aliphatic heterocycles. The predicted molar refractivity (Wildman–Crippen MR) is 79.9 cm³/mol. The third-order valence-electron chi connectivity index (χ3n) is 4.79. The van der Waals surface area contributed by atoms with Crippen LogP contribution in [0.25, 0.3) is 0 Å². The molecule has 0 bridgehead atoms. The topological polar surface area (TPSA) is 44.1 Å². The van der Waals surface area contributed by atoms with Crippen LogP contribution in [0.3, 0.4) is 0 Å². The van der Waals surface area contributed by atoms with Crippen molar-refractivity contribution in [1.82, 2.24) is 4.90 Å². The van der Waals surface area contributed by atoms with Crippen LogP contribution < -0.4 is 0 Å². The van der Waals surface area contributed by atoms with E-state index in [1.807, 2.05) is 4.90 Å². The highest BCUT2D eigenvalue weighted by Crippen LogP contribution is 2.38. The Morgan fingerprint density at radius 3 is 2.40 bits per heavy atom. The Labute approximate surface area is 122 Å². The Morgan fingerprint density at radius 2 is 1.95 bits per heavy atom. The molecule has 1 saturated carbocycles. The number of hydrogen-bond acceptors (Lipinski definition) is 2. The van der Waals surface area contributed by atoms with Gasteiger partial charge in [0.15, 0.2) is 0 Å². The van der Waals surface area contributed by atoms with Crippen molar-refractivity contribution < 1.29 is 4.79 Å². The average Bonchev–Trinajstić information content (AvgIpc) is 2.46. The van der Waals surface area contributed by atoms with Crippen LogP contribution in [-0.4, -0.2) is 23.9 Å². The summed E-state index contributed by atoms with van der Waals surface area (Å²) in [5, 5.41) is 9.51. The molecule has 1 heterocycles. The minimum atomic E-state index is -0.731. The number of rotatable bonds is 1. The van der Waals surface area contributed by atoms with Crippen LogP contribution in [0.5, 0.6) is 0 Å². The lowest BCUT2D eigenvalue weighted by molar-refractivity contribution is -0.140. The molecule has 0 aromatic rings. The van der Waals surface area contributed by atoms with Crippen molar-refractivity contribution in [3.63, 3.8) is 0 Å². The molecule has 20 heavy (non-hydrogen) atoms. The molecule has 0 radical (unpaired) electrons. The first kappa shape index (κ1) is 15.1. The highest BCUT2D eigenvalue weighted by molar-refractivity contribution is 5.86. The van der Waals surface area contributed by atoms with E-state index in [0.717, 1.165) is 45.1 Å². The van der Waals surface area contributed by atoms with Crippen molar-refractivity contribution in [2.45, 2.75) is 59.3 Å². The van der Waals surface area contributed by atoms with E-state index in [1.54, 1.807) is 0 Å². The standard InChI is InChI=1S/C17H26N2O/c1-16(2,3)14-7-11-19(12-8-14)15(20)17(13-18)9-5-4-6-10-17/h7H,4-6,8-12H2,1-3H3. The number of hydrogen-bond donors (Lipinski definition) is 0. The SMILES string of the molecule is CC(C)(C)C1=CCN(C(=O)C2(C#N)CCCCC2)CC1. The van der Waals surface area contributed by atoms with Crippen molar-refractivity contribution in [3.05, 3.63) is 11.6 Å². The smallest absolute Gasteiger partial charge is 0.243 e. The third kappa shape index (κ3) is 2.90. The van der Waals surface area contributed by atoms with Gasteiger partial charge >= 0.3 is 0 Å². The lowest BCUT2D eigenvalue weighted by Crippen LogP contribution is -2.46. The third-order valence-corrected chi connectivity index (χ3v) is 4.79. The summed E-state index contributed by atoms with van der Waals surface area (Å²) < 4.78 is 0. The van der Waals surface area contributed by atoms with Crippen LogP contribution in [0.1, 0.15) is 59.3 Å². The maximum atomic E-state index is 12.7. The van der Waals surface area contributed by atoms with E-state index in [1.165, 1.54) is 5.57 Å². The van der Waals surface area contributed by atoms with Gasteiger partial charge in [0.05, 0.1) is 6.07 Å². The van der Waals surface area contributed by atoms with Crippen LogP contribution in [-0.2, 0) is 4.79 Å². The average molecular weight is 274 g/mol. The highest BCUT2D eigenvalue weighted by atomic mass is 16.2. The summed E-state index contributed by atoms with van der Waals surface area (Å²) in [6, 6.07) is 2.34. The Morgan fingerprint density at radius 1 is 1.30 bits per heavy atom. The lowest BCUT2D eigenvalue weighted by atomic mass is 9.73. The van der Waals surface area contributed by atoms with Crippen LogP contribution in [0.15, 0.2) is 11.6 Å². The minimum Gasteiger partial charge on any atom is -0.337 e. The van der Waals surface area contributed by atoms with Gasteiger partial charge in [0.1, 0.15) is 5.41 Å². The number of carbonyl (C=O) groups is 1. The molecular weight excluding hydrogens is 248 g/mol. The largest absolute Gasteiger partial charge is 0.337 e. The van der Waals surface area contributed by atoms with Crippen molar-refractivity contribution in [3.8, 4) is 6.07 Å². The molecule has 0 aromatic carbocycles. The molecule has 2 aliphatic rings. The van der Waals surface area contributed by atoms with E-state index < -0.39 is 5.41 Å². The molecule has 0 saturated heterocycles. The number of nitriles is 1. The Hall–Kier alpha value is -1.30. The molecule has 1 fully saturated rings. The summed E-state index contributed by atoms with van der Waals surface area (Å²) in [4.78, 5) is 14.6. The molecule has 3 nitrogen and oxygen atoms in total. The van der Waals surface area contributed by atoms with Crippen molar-refractivity contribution in [2.24, 2.45) is 10.8 Å². The van der Waals surface area contributed by atoms with Crippen LogP contribution in [0.2, 0.25) is 0 Å². The summed E-state index contributed by atoms with van der Waals surface area (Å²) in [5.74, 6) is 0.0731. The monoisotopic (exact) mass is 274 g/mol. The first-order valence-corrected chi connectivity index (χ1v) is 7.79. The van der Waals surface area contributed by atoms with E-state index in [4.69, 9.17) is 0 Å². The van der Waals surface area contributed by atoms with Gasteiger partial charge in [0.25, 0.3) is 0 Å². The zero-order valence-electron chi connectivity index (χ0n) is 13.0. The maximum absolute atomic E-state index is 12.7. The van der Waals surface area contributed by atoms with E-state index in [0.29, 0.717) is 6.54 Å². The molecule has 1 amide bonds. The van der Waals surface area contributed by atoms with E-state index in [2.05, 4.69) is 32.9 Å². The van der Waals surface area contributed by atoms with Gasteiger partial charge in [0, 0.05) is 13.1 Å².